The number of carbonyl (C=O) groups excluding carboxylic acids is 1. The highest BCUT2D eigenvalue weighted by molar-refractivity contribution is 7.17. The van der Waals surface area contributed by atoms with Crippen LogP contribution in [0.4, 0.5) is 5.13 Å². The largest absolute Gasteiger partial charge is 0.477 e. The van der Waals surface area contributed by atoms with Crippen LogP contribution < -0.4 is 5.32 Å². The summed E-state index contributed by atoms with van der Waals surface area (Å²) >= 11 is 0.927. The van der Waals surface area contributed by atoms with Gasteiger partial charge in [-0.1, -0.05) is 18.8 Å². The second kappa shape index (κ2) is 4.56. The van der Waals surface area contributed by atoms with Crippen molar-refractivity contribution < 1.29 is 14.7 Å². The molecule has 0 saturated heterocycles. The number of rotatable bonds is 2. The van der Waals surface area contributed by atoms with E-state index in [0.717, 1.165) is 11.3 Å². The number of nitrogens with one attached hydrogen (secondary N) is 1. The van der Waals surface area contributed by atoms with E-state index in [9.17, 15) is 9.59 Å². The van der Waals surface area contributed by atoms with Crippen LogP contribution >= 0.6 is 11.3 Å². The van der Waals surface area contributed by atoms with Gasteiger partial charge in [0.15, 0.2) is 5.13 Å². The van der Waals surface area contributed by atoms with E-state index in [2.05, 4.69) is 10.3 Å². The van der Waals surface area contributed by atoms with E-state index < -0.39 is 5.97 Å². The Balaban J connectivity index is 0.00000144. The van der Waals surface area contributed by atoms with Gasteiger partial charge in [-0.15, -0.1) is 0 Å². The minimum atomic E-state index is -1.04. The number of thiazole rings is 1. The molecule has 72 valence electrons. The van der Waals surface area contributed by atoms with Crippen LogP contribution in [0.2, 0.25) is 0 Å². The molecule has 0 saturated carbocycles. The highest BCUT2D eigenvalue weighted by Gasteiger charge is 2.08. The molecule has 0 fully saturated rings. The van der Waals surface area contributed by atoms with Gasteiger partial charge in [-0.25, -0.2) is 9.78 Å². The summed E-state index contributed by atoms with van der Waals surface area (Å²) in [5.41, 5.74) is 0. The van der Waals surface area contributed by atoms with Crippen LogP contribution in [0.1, 0.15) is 24.0 Å². The summed E-state index contributed by atoms with van der Waals surface area (Å²) in [5, 5.41) is 11.2. The van der Waals surface area contributed by atoms with Crippen LogP contribution in [0, 0.1) is 0 Å². The SMILES string of the molecule is C.CC(=O)Nc1ncc(C(=O)O)s1. The van der Waals surface area contributed by atoms with Gasteiger partial charge in [0.05, 0.1) is 6.20 Å². The molecule has 0 aliphatic rings. The van der Waals surface area contributed by atoms with Gasteiger partial charge in [0, 0.05) is 6.92 Å². The molecule has 0 bridgehead atoms. The summed E-state index contributed by atoms with van der Waals surface area (Å²) in [4.78, 5) is 24.7. The molecule has 1 heterocycles. The number of amides is 1. The Morgan fingerprint density at radius 2 is 2.23 bits per heavy atom. The first-order valence-electron chi connectivity index (χ1n) is 3.06. The lowest BCUT2D eigenvalue weighted by Crippen LogP contribution is -2.04. The van der Waals surface area contributed by atoms with Crippen molar-refractivity contribution in [3.63, 3.8) is 0 Å². The zero-order valence-electron chi connectivity index (χ0n) is 6.20. The third-order valence-electron chi connectivity index (χ3n) is 0.999. The summed E-state index contributed by atoms with van der Waals surface area (Å²) in [6.07, 6.45) is 1.21. The van der Waals surface area contributed by atoms with Gasteiger partial charge in [0.1, 0.15) is 4.88 Å². The van der Waals surface area contributed by atoms with Crippen molar-refractivity contribution in [3.8, 4) is 0 Å². The second-order valence-electron chi connectivity index (χ2n) is 2.02. The summed E-state index contributed by atoms with van der Waals surface area (Å²) in [6.45, 7) is 1.34. The molecule has 0 radical (unpaired) electrons. The first-order valence-corrected chi connectivity index (χ1v) is 3.88. The number of anilines is 1. The molecule has 1 aromatic rings. The van der Waals surface area contributed by atoms with E-state index in [-0.39, 0.29) is 18.2 Å². The van der Waals surface area contributed by atoms with Crippen molar-refractivity contribution in [1.29, 1.82) is 0 Å². The molecular formula is C7H10N2O3S. The van der Waals surface area contributed by atoms with Gasteiger partial charge in [-0.05, 0) is 0 Å². The fourth-order valence-electron chi connectivity index (χ4n) is 0.581. The zero-order valence-corrected chi connectivity index (χ0v) is 7.01. The Morgan fingerprint density at radius 3 is 2.62 bits per heavy atom. The van der Waals surface area contributed by atoms with Crippen LogP contribution in [0.3, 0.4) is 0 Å². The van der Waals surface area contributed by atoms with Gasteiger partial charge >= 0.3 is 5.97 Å². The number of carbonyl (C=O) groups is 2. The normalized spacial score (nSPS) is 8.69. The van der Waals surface area contributed by atoms with Gasteiger partial charge in [0.25, 0.3) is 0 Å². The summed E-state index contributed by atoms with van der Waals surface area (Å²) in [7, 11) is 0. The van der Waals surface area contributed by atoms with Crippen molar-refractivity contribution >= 4 is 28.3 Å². The fraction of sp³-hybridized carbons (Fsp3) is 0.286. The highest BCUT2D eigenvalue weighted by atomic mass is 32.1. The molecule has 1 amide bonds. The number of carboxylic acid groups (broad SMARTS) is 1. The Morgan fingerprint density at radius 1 is 1.62 bits per heavy atom. The fourth-order valence-corrected chi connectivity index (χ4v) is 1.28. The third kappa shape index (κ3) is 3.20. The maximum absolute atomic E-state index is 10.5. The Kier molecular flexibility index (Phi) is 4.06. The van der Waals surface area contributed by atoms with Crippen molar-refractivity contribution in [3.05, 3.63) is 11.1 Å². The van der Waals surface area contributed by atoms with Crippen molar-refractivity contribution in [2.45, 2.75) is 14.4 Å². The number of hydrogen-bond donors (Lipinski definition) is 2. The predicted molar refractivity (Wildman–Crippen MR) is 50.1 cm³/mol. The van der Waals surface area contributed by atoms with Crippen LogP contribution in [-0.2, 0) is 4.79 Å². The molecule has 0 unspecified atom stereocenters. The lowest BCUT2D eigenvalue weighted by atomic mass is 10.6. The molecule has 2 N–H and O–H groups in total. The van der Waals surface area contributed by atoms with Crippen LogP contribution in [0.15, 0.2) is 6.20 Å². The average Bonchev–Trinajstić information content (AvgIpc) is 2.34. The number of aromatic carboxylic acids is 1. The lowest BCUT2D eigenvalue weighted by Gasteiger charge is -1.91. The second-order valence-corrected chi connectivity index (χ2v) is 3.05. The molecule has 1 aromatic heterocycles. The zero-order chi connectivity index (χ0) is 9.14. The van der Waals surface area contributed by atoms with Crippen LogP contribution in [0.25, 0.3) is 0 Å². The Bertz CT molecular complexity index is 321. The molecule has 0 aromatic carbocycles. The number of carboxylic acids is 1. The molecule has 0 aliphatic carbocycles. The average molecular weight is 202 g/mol. The van der Waals surface area contributed by atoms with E-state index in [1.54, 1.807) is 0 Å². The van der Waals surface area contributed by atoms with Gasteiger partial charge in [-0.2, -0.15) is 0 Å². The molecule has 13 heavy (non-hydrogen) atoms. The molecule has 0 spiro atoms. The first-order chi connectivity index (χ1) is 5.59. The minimum Gasteiger partial charge on any atom is -0.477 e. The van der Waals surface area contributed by atoms with Gasteiger partial charge in [-0.3, -0.25) is 4.79 Å². The van der Waals surface area contributed by atoms with Crippen molar-refractivity contribution in [1.82, 2.24) is 4.98 Å². The first kappa shape index (κ1) is 11.6. The minimum absolute atomic E-state index is 0. The maximum Gasteiger partial charge on any atom is 0.347 e. The molecule has 0 aliphatic heterocycles. The van der Waals surface area contributed by atoms with Crippen molar-refractivity contribution in [2.75, 3.05) is 5.32 Å². The van der Waals surface area contributed by atoms with Crippen LogP contribution in [0.5, 0.6) is 0 Å². The van der Waals surface area contributed by atoms with E-state index in [1.807, 2.05) is 0 Å². The van der Waals surface area contributed by atoms with E-state index in [4.69, 9.17) is 5.11 Å². The summed E-state index contributed by atoms with van der Waals surface area (Å²) in [5.74, 6) is -1.30. The monoisotopic (exact) mass is 202 g/mol. The molecule has 6 heteroatoms. The third-order valence-corrected chi connectivity index (χ3v) is 1.90. The van der Waals surface area contributed by atoms with E-state index in [1.165, 1.54) is 13.1 Å². The number of nitrogens with zero attached hydrogens (tertiary/aromatic N) is 1. The van der Waals surface area contributed by atoms with Crippen molar-refractivity contribution in [2.24, 2.45) is 0 Å². The molecule has 0 atom stereocenters. The maximum atomic E-state index is 10.5. The van der Waals surface area contributed by atoms with Gasteiger partial charge in [0.2, 0.25) is 5.91 Å². The molecule has 5 nitrogen and oxygen atoms in total. The topological polar surface area (TPSA) is 79.3 Å². The lowest BCUT2D eigenvalue weighted by molar-refractivity contribution is -0.114. The number of aromatic nitrogens is 1. The molecule has 1 rings (SSSR count). The number of hydrogen-bond acceptors (Lipinski definition) is 4. The predicted octanol–water partition coefficient (Wildman–Crippen LogP) is 1.44. The van der Waals surface area contributed by atoms with Crippen LogP contribution in [-0.4, -0.2) is 22.0 Å². The summed E-state index contributed by atoms with van der Waals surface area (Å²) < 4.78 is 0. The quantitative estimate of drug-likeness (QED) is 0.760. The standard InChI is InChI=1S/C6H6N2O3S.CH4/c1-3(9)8-6-7-2-4(12-6)5(10)11;/h2H,1H3,(H,10,11)(H,7,8,9);1H4. The Hall–Kier alpha value is -1.43. The van der Waals surface area contributed by atoms with E-state index >= 15 is 0 Å². The van der Waals surface area contributed by atoms with Gasteiger partial charge < -0.3 is 10.4 Å². The smallest absolute Gasteiger partial charge is 0.347 e. The Labute approximate surface area is 79.4 Å². The highest BCUT2D eigenvalue weighted by Crippen LogP contribution is 2.17. The summed E-state index contributed by atoms with van der Waals surface area (Å²) in [6, 6.07) is 0. The van der Waals surface area contributed by atoms with E-state index in [0.29, 0.717) is 5.13 Å². The molecular weight excluding hydrogens is 192 g/mol.